The fraction of sp³-hybridized carbons (Fsp3) is 0.400. The van der Waals surface area contributed by atoms with Crippen molar-refractivity contribution in [2.75, 3.05) is 0 Å². The van der Waals surface area contributed by atoms with E-state index in [-0.39, 0.29) is 19.5 Å². The molecule has 1 aromatic rings. The fourth-order valence-electron chi connectivity index (χ4n) is 0.938. The molecule has 0 N–H and O–H groups in total. The number of hydrogen-bond acceptors (Lipinski definition) is 0. The van der Waals surface area contributed by atoms with Crippen LogP contribution in [-0.2, 0) is 19.5 Å². The predicted octanol–water partition coefficient (Wildman–Crippen LogP) is 2.92. The van der Waals surface area contributed by atoms with Gasteiger partial charge >= 0.3 is 19.5 Å². The summed E-state index contributed by atoms with van der Waals surface area (Å²) in [5, 5.41) is 0. The molecule has 0 saturated carbocycles. The average molecular weight is 234 g/mol. The van der Waals surface area contributed by atoms with E-state index >= 15 is 0 Å². The molecule has 0 fully saturated rings. The van der Waals surface area contributed by atoms with Crippen LogP contribution in [0.2, 0.25) is 0 Å². The molecule has 0 saturated heterocycles. The zero-order valence-corrected chi connectivity index (χ0v) is 8.90. The molecule has 0 heterocycles. The van der Waals surface area contributed by atoms with Crippen LogP contribution in [-0.4, -0.2) is 0 Å². The second kappa shape index (κ2) is 4.67. The van der Waals surface area contributed by atoms with Crippen LogP contribution in [0.5, 0.6) is 0 Å². The fourth-order valence-corrected chi connectivity index (χ4v) is 0.938. The maximum absolute atomic E-state index is 3.21. The molecule has 0 aliphatic carbocycles. The van der Waals surface area contributed by atoms with Gasteiger partial charge in [-0.3, -0.25) is 0 Å². The molecule has 0 atom stereocenters. The first-order valence-corrected chi connectivity index (χ1v) is 3.68. The molecule has 0 unspecified atom stereocenters. The van der Waals surface area contributed by atoms with E-state index in [4.69, 9.17) is 0 Å². The van der Waals surface area contributed by atoms with Crippen LogP contribution in [0.1, 0.15) is 30.9 Å². The summed E-state index contributed by atoms with van der Waals surface area (Å²) in [7, 11) is 0. The number of benzene rings is 1. The van der Waals surface area contributed by atoms with E-state index < -0.39 is 0 Å². The third-order valence-corrected chi connectivity index (χ3v) is 1.60. The summed E-state index contributed by atoms with van der Waals surface area (Å²) in [6, 6.07) is 9.46. The molecule has 1 aromatic carbocycles. The van der Waals surface area contributed by atoms with Gasteiger partial charge < -0.3 is 0 Å². The Morgan fingerprint density at radius 1 is 1.36 bits per heavy atom. The van der Waals surface area contributed by atoms with Crippen LogP contribution in [0, 0.1) is 13.0 Å². The molecule has 0 aliphatic heterocycles. The van der Waals surface area contributed by atoms with Gasteiger partial charge in [-0.15, -0.1) is 0 Å². The Labute approximate surface area is 81.8 Å². The SMILES string of the molecule is Cc1cc[c-]c(C(C)C)c1.[Ru+2]. The molecule has 0 aromatic heterocycles. The van der Waals surface area contributed by atoms with Crippen molar-refractivity contribution >= 4 is 0 Å². The van der Waals surface area contributed by atoms with E-state index in [1.54, 1.807) is 0 Å². The van der Waals surface area contributed by atoms with Crippen molar-refractivity contribution in [3.05, 3.63) is 35.4 Å². The second-order valence-electron chi connectivity index (χ2n) is 2.98. The van der Waals surface area contributed by atoms with E-state index in [9.17, 15) is 0 Å². The van der Waals surface area contributed by atoms with E-state index in [0.29, 0.717) is 5.92 Å². The zero-order chi connectivity index (χ0) is 7.56. The Morgan fingerprint density at radius 3 is 2.36 bits per heavy atom. The first-order valence-electron chi connectivity index (χ1n) is 3.68. The summed E-state index contributed by atoms with van der Waals surface area (Å²) in [4.78, 5) is 0. The van der Waals surface area contributed by atoms with Crippen molar-refractivity contribution in [2.24, 2.45) is 0 Å². The van der Waals surface area contributed by atoms with Gasteiger partial charge in [0.25, 0.3) is 0 Å². The number of hydrogen-bond donors (Lipinski definition) is 0. The molecule has 11 heavy (non-hydrogen) atoms. The standard InChI is InChI=1S/C10H13.Ru/c1-8(2)10-6-4-5-9(3)7-10;/h4-5,7-8H,1-3H3;/q-1;+2. The zero-order valence-electron chi connectivity index (χ0n) is 7.16. The Balaban J connectivity index is 0.000001000. The molecule has 60 valence electrons. The van der Waals surface area contributed by atoms with Gasteiger partial charge in [-0.25, -0.2) is 0 Å². The van der Waals surface area contributed by atoms with Crippen LogP contribution < -0.4 is 0 Å². The van der Waals surface area contributed by atoms with Gasteiger partial charge in [-0.05, 0) is 5.92 Å². The molecule has 0 amide bonds. The third kappa shape index (κ3) is 3.16. The maximum Gasteiger partial charge on any atom is 2.00 e. The van der Waals surface area contributed by atoms with Crippen molar-refractivity contribution in [3.8, 4) is 0 Å². The van der Waals surface area contributed by atoms with Crippen LogP contribution in [0.15, 0.2) is 18.2 Å². The van der Waals surface area contributed by atoms with Gasteiger partial charge in [0.1, 0.15) is 0 Å². The first-order chi connectivity index (χ1) is 4.70. The monoisotopic (exact) mass is 235 g/mol. The summed E-state index contributed by atoms with van der Waals surface area (Å²) in [6.07, 6.45) is 0. The summed E-state index contributed by atoms with van der Waals surface area (Å²) >= 11 is 0. The minimum Gasteiger partial charge on any atom is -0.180 e. The second-order valence-corrected chi connectivity index (χ2v) is 2.98. The number of aryl methyl sites for hydroxylation is 1. The van der Waals surface area contributed by atoms with E-state index in [1.165, 1.54) is 11.1 Å². The molecule has 0 bridgehead atoms. The van der Waals surface area contributed by atoms with Crippen molar-refractivity contribution < 1.29 is 19.5 Å². The van der Waals surface area contributed by atoms with Gasteiger partial charge in [-0.2, -0.15) is 35.4 Å². The molecule has 0 aliphatic rings. The Bertz CT molecular complexity index is 216. The maximum atomic E-state index is 3.21. The van der Waals surface area contributed by atoms with Gasteiger partial charge in [0.2, 0.25) is 0 Å². The summed E-state index contributed by atoms with van der Waals surface area (Å²) in [5.41, 5.74) is 2.63. The van der Waals surface area contributed by atoms with Crippen molar-refractivity contribution in [2.45, 2.75) is 26.7 Å². The molecular weight excluding hydrogens is 221 g/mol. The topological polar surface area (TPSA) is 0 Å². The minimum atomic E-state index is 0. The molecule has 0 spiro atoms. The van der Waals surface area contributed by atoms with E-state index in [0.717, 1.165) is 0 Å². The van der Waals surface area contributed by atoms with Crippen molar-refractivity contribution in [1.82, 2.24) is 0 Å². The van der Waals surface area contributed by atoms with Gasteiger partial charge in [0.15, 0.2) is 0 Å². The molecular formula is C10H13Ru+. The summed E-state index contributed by atoms with van der Waals surface area (Å²) < 4.78 is 0. The van der Waals surface area contributed by atoms with E-state index in [2.05, 4.69) is 39.0 Å². The largest absolute Gasteiger partial charge is 2.00 e. The molecule has 0 radical (unpaired) electrons. The Morgan fingerprint density at radius 2 is 2.00 bits per heavy atom. The van der Waals surface area contributed by atoms with Crippen LogP contribution >= 0.6 is 0 Å². The average Bonchev–Trinajstić information content (AvgIpc) is 1.88. The van der Waals surface area contributed by atoms with Crippen LogP contribution in [0.3, 0.4) is 0 Å². The van der Waals surface area contributed by atoms with Gasteiger partial charge in [0, 0.05) is 0 Å². The molecule has 1 heteroatoms. The smallest absolute Gasteiger partial charge is 0.180 e. The predicted molar refractivity (Wildman–Crippen MR) is 44.1 cm³/mol. The summed E-state index contributed by atoms with van der Waals surface area (Å²) in [5.74, 6) is 0.597. The quantitative estimate of drug-likeness (QED) is 0.517. The summed E-state index contributed by atoms with van der Waals surface area (Å²) in [6.45, 7) is 6.48. The number of rotatable bonds is 1. The van der Waals surface area contributed by atoms with Gasteiger partial charge in [0.05, 0.1) is 0 Å². The Kier molecular flexibility index (Phi) is 4.60. The van der Waals surface area contributed by atoms with Crippen molar-refractivity contribution in [3.63, 3.8) is 0 Å². The Hall–Kier alpha value is -0.157. The minimum absolute atomic E-state index is 0. The normalized spacial score (nSPS) is 9.45. The van der Waals surface area contributed by atoms with Crippen LogP contribution in [0.25, 0.3) is 0 Å². The van der Waals surface area contributed by atoms with Gasteiger partial charge in [-0.1, -0.05) is 20.8 Å². The molecule has 0 nitrogen and oxygen atoms in total. The van der Waals surface area contributed by atoms with E-state index in [1.807, 2.05) is 6.07 Å². The first kappa shape index (κ1) is 10.8. The van der Waals surface area contributed by atoms with Crippen LogP contribution in [0.4, 0.5) is 0 Å². The van der Waals surface area contributed by atoms with Crippen molar-refractivity contribution in [1.29, 1.82) is 0 Å². The third-order valence-electron chi connectivity index (χ3n) is 1.60. The molecule has 1 rings (SSSR count).